The van der Waals surface area contributed by atoms with Crippen LogP contribution in [0.4, 0.5) is 0 Å². The van der Waals surface area contributed by atoms with Gasteiger partial charge in [-0.05, 0) is 25.7 Å². The summed E-state index contributed by atoms with van der Waals surface area (Å²) in [7, 11) is 0. The number of rotatable bonds is 4. The molecule has 1 saturated heterocycles. The molecule has 1 aliphatic heterocycles. The normalized spacial score (nSPS) is 25.4. The van der Waals surface area contributed by atoms with Crippen LogP contribution >= 0.6 is 15.9 Å². The van der Waals surface area contributed by atoms with Gasteiger partial charge in [0.2, 0.25) is 0 Å². The molecule has 0 radical (unpaired) electrons. The van der Waals surface area contributed by atoms with E-state index in [0.29, 0.717) is 0 Å². The topological polar surface area (TPSA) is 18.5 Å². The predicted octanol–water partition coefficient (Wildman–Crippen LogP) is 2.31. The average molecular weight is 223 g/mol. The van der Waals surface area contributed by atoms with Gasteiger partial charge in [0.25, 0.3) is 0 Å². The largest absolute Gasteiger partial charge is 0.353 e. The van der Waals surface area contributed by atoms with E-state index in [-0.39, 0.29) is 6.29 Å². The monoisotopic (exact) mass is 222 g/mol. The van der Waals surface area contributed by atoms with Crippen molar-refractivity contribution in [3.05, 3.63) is 0 Å². The van der Waals surface area contributed by atoms with Crippen molar-refractivity contribution >= 4 is 15.9 Å². The number of ether oxygens (including phenoxy) is 2. The summed E-state index contributed by atoms with van der Waals surface area (Å²) in [6.07, 6.45) is 4.67. The van der Waals surface area contributed by atoms with Crippen LogP contribution in [0, 0.1) is 0 Å². The minimum absolute atomic E-state index is 0.0859. The molecule has 3 heteroatoms. The van der Waals surface area contributed by atoms with Gasteiger partial charge in [0, 0.05) is 11.9 Å². The maximum Gasteiger partial charge on any atom is 0.157 e. The summed E-state index contributed by atoms with van der Waals surface area (Å²) in [4.78, 5) is 0. The number of alkyl halides is 1. The molecule has 11 heavy (non-hydrogen) atoms. The summed E-state index contributed by atoms with van der Waals surface area (Å²) in [5.74, 6) is 0. The third-order valence-electron chi connectivity index (χ3n) is 1.72. The zero-order chi connectivity index (χ0) is 7.94. The molecule has 1 rings (SSSR count). The quantitative estimate of drug-likeness (QED) is 0.537. The van der Waals surface area contributed by atoms with Gasteiger partial charge in [0.1, 0.15) is 0 Å². The lowest BCUT2D eigenvalue weighted by atomic mass is 10.2. The third-order valence-corrected chi connectivity index (χ3v) is 2.28. The van der Waals surface area contributed by atoms with E-state index in [1.165, 1.54) is 12.8 Å². The van der Waals surface area contributed by atoms with Gasteiger partial charge in [0.05, 0.1) is 6.61 Å². The molecule has 0 aromatic heterocycles. The molecule has 0 amide bonds. The van der Waals surface area contributed by atoms with Gasteiger partial charge in [-0.15, -0.1) is 0 Å². The lowest BCUT2D eigenvalue weighted by molar-refractivity contribution is -0.161. The van der Waals surface area contributed by atoms with E-state index in [1.807, 2.05) is 0 Å². The number of halogens is 1. The highest BCUT2D eigenvalue weighted by molar-refractivity contribution is 9.09. The Morgan fingerprint density at radius 1 is 1.45 bits per heavy atom. The molecule has 0 N–H and O–H groups in total. The van der Waals surface area contributed by atoms with Crippen LogP contribution in [0.3, 0.4) is 0 Å². The Labute approximate surface area is 76.4 Å². The van der Waals surface area contributed by atoms with Crippen molar-refractivity contribution in [2.45, 2.75) is 32.0 Å². The van der Waals surface area contributed by atoms with Crippen molar-refractivity contribution in [1.29, 1.82) is 0 Å². The first kappa shape index (κ1) is 9.49. The van der Waals surface area contributed by atoms with Crippen molar-refractivity contribution in [2.24, 2.45) is 0 Å². The van der Waals surface area contributed by atoms with Crippen LogP contribution in [-0.4, -0.2) is 24.8 Å². The van der Waals surface area contributed by atoms with Crippen LogP contribution in [0.1, 0.15) is 25.7 Å². The molecule has 0 aliphatic carbocycles. The van der Waals surface area contributed by atoms with E-state index < -0.39 is 0 Å². The molecule has 1 heterocycles. The Morgan fingerprint density at radius 2 is 2.36 bits per heavy atom. The van der Waals surface area contributed by atoms with E-state index in [9.17, 15) is 0 Å². The van der Waals surface area contributed by atoms with E-state index in [1.54, 1.807) is 0 Å². The highest BCUT2D eigenvalue weighted by Gasteiger charge is 2.12. The van der Waals surface area contributed by atoms with Gasteiger partial charge < -0.3 is 9.47 Å². The van der Waals surface area contributed by atoms with Crippen molar-refractivity contribution < 1.29 is 9.47 Å². The molecule has 0 aromatic carbocycles. The smallest absolute Gasteiger partial charge is 0.157 e. The highest BCUT2D eigenvalue weighted by atomic mass is 79.9. The van der Waals surface area contributed by atoms with Gasteiger partial charge >= 0.3 is 0 Å². The van der Waals surface area contributed by atoms with Gasteiger partial charge in [0.15, 0.2) is 6.29 Å². The van der Waals surface area contributed by atoms with Crippen LogP contribution in [0.2, 0.25) is 0 Å². The van der Waals surface area contributed by atoms with Gasteiger partial charge in [-0.25, -0.2) is 0 Å². The predicted molar refractivity (Wildman–Crippen MR) is 48.0 cm³/mol. The number of hydrogen-bond acceptors (Lipinski definition) is 2. The Hall–Kier alpha value is 0.400. The van der Waals surface area contributed by atoms with E-state index in [4.69, 9.17) is 9.47 Å². The fourth-order valence-electron chi connectivity index (χ4n) is 1.11. The summed E-state index contributed by atoms with van der Waals surface area (Å²) >= 11 is 3.35. The van der Waals surface area contributed by atoms with Crippen LogP contribution in [0.5, 0.6) is 0 Å². The second kappa shape index (κ2) is 5.98. The molecule has 0 saturated carbocycles. The summed E-state index contributed by atoms with van der Waals surface area (Å²) in [6, 6.07) is 0. The molecule has 0 bridgehead atoms. The molecule has 0 unspecified atom stereocenters. The molecule has 2 nitrogen and oxygen atoms in total. The van der Waals surface area contributed by atoms with E-state index in [2.05, 4.69) is 15.9 Å². The zero-order valence-corrected chi connectivity index (χ0v) is 8.31. The van der Waals surface area contributed by atoms with Gasteiger partial charge in [-0.1, -0.05) is 15.9 Å². The second-order valence-corrected chi connectivity index (χ2v) is 3.50. The van der Waals surface area contributed by atoms with Crippen molar-refractivity contribution in [1.82, 2.24) is 0 Å². The van der Waals surface area contributed by atoms with Crippen molar-refractivity contribution in [3.63, 3.8) is 0 Å². The Kier molecular flexibility index (Phi) is 5.15. The van der Waals surface area contributed by atoms with Crippen LogP contribution in [-0.2, 0) is 9.47 Å². The lowest BCUT2D eigenvalue weighted by Gasteiger charge is -2.22. The van der Waals surface area contributed by atoms with Gasteiger partial charge in [-0.2, -0.15) is 0 Å². The Bertz CT molecular complexity index is 92.1. The summed E-state index contributed by atoms with van der Waals surface area (Å²) in [5.41, 5.74) is 0. The fraction of sp³-hybridized carbons (Fsp3) is 1.00. The Morgan fingerprint density at radius 3 is 3.00 bits per heavy atom. The molecule has 0 spiro atoms. The van der Waals surface area contributed by atoms with Crippen LogP contribution < -0.4 is 0 Å². The van der Waals surface area contributed by atoms with E-state index in [0.717, 1.165) is 31.4 Å². The summed E-state index contributed by atoms with van der Waals surface area (Å²) in [5, 5.41) is 1.01. The molecule has 1 atom stereocenters. The van der Waals surface area contributed by atoms with Crippen LogP contribution in [0.15, 0.2) is 0 Å². The molecular formula is C8H15BrO2. The maximum atomic E-state index is 5.47. The summed E-state index contributed by atoms with van der Waals surface area (Å²) in [6.45, 7) is 1.69. The average Bonchev–Trinajstić information content (AvgIpc) is 2.07. The minimum Gasteiger partial charge on any atom is -0.353 e. The number of hydrogen-bond donors (Lipinski definition) is 0. The molecular weight excluding hydrogens is 208 g/mol. The van der Waals surface area contributed by atoms with Crippen LogP contribution in [0.25, 0.3) is 0 Å². The first-order chi connectivity index (χ1) is 5.43. The standard InChI is InChI=1S/C8H15BrO2/c9-5-3-7-11-8-4-1-2-6-10-8/h8H,1-7H2/t8-/m0/s1. The lowest BCUT2D eigenvalue weighted by Crippen LogP contribution is -2.22. The van der Waals surface area contributed by atoms with Crippen molar-refractivity contribution in [2.75, 3.05) is 18.5 Å². The molecule has 1 fully saturated rings. The minimum atomic E-state index is 0.0859. The first-order valence-corrected chi connectivity index (χ1v) is 5.35. The van der Waals surface area contributed by atoms with Gasteiger partial charge in [-0.3, -0.25) is 0 Å². The van der Waals surface area contributed by atoms with Crippen molar-refractivity contribution in [3.8, 4) is 0 Å². The SMILES string of the molecule is BrCCCO[C@H]1CCCCO1. The maximum absolute atomic E-state index is 5.47. The highest BCUT2D eigenvalue weighted by Crippen LogP contribution is 2.13. The molecule has 0 aromatic rings. The first-order valence-electron chi connectivity index (χ1n) is 4.22. The third kappa shape index (κ3) is 4.09. The second-order valence-electron chi connectivity index (χ2n) is 2.71. The zero-order valence-electron chi connectivity index (χ0n) is 6.72. The fourth-order valence-corrected chi connectivity index (χ4v) is 1.34. The molecule has 1 aliphatic rings. The Balaban J connectivity index is 1.96. The van der Waals surface area contributed by atoms with E-state index >= 15 is 0 Å². The summed E-state index contributed by atoms with van der Waals surface area (Å²) < 4.78 is 10.9. The molecule has 66 valence electrons.